The third-order valence-corrected chi connectivity index (χ3v) is 4.58. The summed E-state index contributed by atoms with van der Waals surface area (Å²) in [7, 11) is 0. The topological polar surface area (TPSA) is 38.0 Å². The Hall–Kier alpha value is -0.0800. The van der Waals surface area contributed by atoms with Crippen LogP contribution >= 0.6 is 0 Å². The Labute approximate surface area is 114 Å². The van der Waals surface area contributed by atoms with Crippen LogP contribution in [0.2, 0.25) is 0 Å². The molecule has 0 aromatic rings. The predicted molar refractivity (Wildman–Crippen MR) is 80.8 cm³/mol. The molecule has 2 nitrogen and oxygen atoms in total. The molecule has 0 atom stereocenters. The van der Waals surface area contributed by atoms with Gasteiger partial charge in [0, 0.05) is 11.6 Å². The van der Waals surface area contributed by atoms with E-state index in [0.717, 1.165) is 18.5 Å². The van der Waals surface area contributed by atoms with Gasteiger partial charge in [0.25, 0.3) is 0 Å². The first-order chi connectivity index (χ1) is 8.63. The van der Waals surface area contributed by atoms with E-state index in [2.05, 4.69) is 26.1 Å². The van der Waals surface area contributed by atoms with E-state index in [4.69, 9.17) is 5.73 Å². The molecule has 0 saturated heterocycles. The van der Waals surface area contributed by atoms with Crippen LogP contribution in [0.15, 0.2) is 0 Å². The van der Waals surface area contributed by atoms with E-state index in [9.17, 15) is 0 Å². The number of nitrogens with two attached hydrogens (primary N) is 1. The van der Waals surface area contributed by atoms with Crippen LogP contribution in [0.25, 0.3) is 0 Å². The molecule has 0 amide bonds. The van der Waals surface area contributed by atoms with Gasteiger partial charge in [-0.1, -0.05) is 26.7 Å². The number of rotatable bonds is 8. The van der Waals surface area contributed by atoms with Gasteiger partial charge in [-0.2, -0.15) is 0 Å². The predicted octanol–water partition coefficient (Wildman–Crippen LogP) is 3.84. The average Bonchev–Trinajstić information content (AvgIpc) is 2.32. The van der Waals surface area contributed by atoms with E-state index >= 15 is 0 Å². The first-order valence-electron chi connectivity index (χ1n) is 8.11. The smallest absolute Gasteiger partial charge is 0.0155 e. The first kappa shape index (κ1) is 16.0. The molecule has 0 aromatic carbocycles. The molecule has 18 heavy (non-hydrogen) atoms. The van der Waals surface area contributed by atoms with E-state index in [0.29, 0.717) is 5.54 Å². The lowest BCUT2D eigenvalue weighted by Gasteiger charge is -2.38. The minimum absolute atomic E-state index is 0.370. The molecular formula is C16H34N2. The van der Waals surface area contributed by atoms with Crippen LogP contribution in [0, 0.1) is 5.92 Å². The summed E-state index contributed by atoms with van der Waals surface area (Å²) in [4.78, 5) is 0. The van der Waals surface area contributed by atoms with Crippen LogP contribution in [-0.4, -0.2) is 18.1 Å². The Kier molecular flexibility index (Phi) is 7.25. The van der Waals surface area contributed by atoms with Crippen molar-refractivity contribution in [3.63, 3.8) is 0 Å². The van der Waals surface area contributed by atoms with Crippen LogP contribution < -0.4 is 11.1 Å². The van der Waals surface area contributed by atoms with Crippen LogP contribution in [0.3, 0.4) is 0 Å². The third-order valence-electron chi connectivity index (χ3n) is 4.58. The monoisotopic (exact) mass is 254 g/mol. The summed E-state index contributed by atoms with van der Waals surface area (Å²) in [6, 6.07) is 0.752. The van der Waals surface area contributed by atoms with Crippen LogP contribution in [-0.2, 0) is 0 Å². The largest absolute Gasteiger partial charge is 0.330 e. The zero-order valence-corrected chi connectivity index (χ0v) is 12.8. The van der Waals surface area contributed by atoms with Crippen LogP contribution in [0.5, 0.6) is 0 Å². The van der Waals surface area contributed by atoms with Crippen LogP contribution in [0.1, 0.15) is 78.6 Å². The minimum Gasteiger partial charge on any atom is -0.330 e. The fraction of sp³-hybridized carbons (Fsp3) is 1.00. The first-order valence-corrected chi connectivity index (χ1v) is 8.11. The van der Waals surface area contributed by atoms with E-state index < -0.39 is 0 Å². The van der Waals surface area contributed by atoms with Gasteiger partial charge in [0.1, 0.15) is 0 Å². The maximum absolute atomic E-state index is 5.66. The molecule has 1 fully saturated rings. The van der Waals surface area contributed by atoms with Gasteiger partial charge >= 0.3 is 0 Å². The maximum Gasteiger partial charge on any atom is 0.0155 e. The Morgan fingerprint density at radius 3 is 2.06 bits per heavy atom. The molecule has 0 heterocycles. The van der Waals surface area contributed by atoms with E-state index in [1.807, 2.05) is 0 Å². The molecule has 0 spiro atoms. The molecule has 0 bridgehead atoms. The molecule has 3 N–H and O–H groups in total. The van der Waals surface area contributed by atoms with Gasteiger partial charge < -0.3 is 11.1 Å². The second kappa shape index (κ2) is 8.16. The molecule has 0 unspecified atom stereocenters. The van der Waals surface area contributed by atoms with Gasteiger partial charge in [-0.05, 0) is 64.3 Å². The lowest BCUT2D eigenvalue weighted by atomic mass is 9.82. The highest BCUT2D eigenvalue weighted by atomic mass is 15.0. The third kappa shape index (κ3) is 5.27. The van der Waals surface area contributed by atoms with E-state index in [1.165, 1.54) is 57.8 Å². The Balaban J connectivity index is 2.37. The lowest BCUT2D eigenvalue weighted by molar-refractivity contribution is 0.207. The lowest BCUT2D eigenvalue weighted by Crippen LogP contribution is -2.49. The number of nitrogens with one attached hydrogen (secondary N) is 1. The summed E-state index contributed by atoms with van der Waals surface area (Å²) in [6.07, 6.45) is 11.9. The van der Waals surface area contributed by atoms with Crippen molar-refractivity contribution in [3.8, 4) is 0 Å². The highest BCUT2D eigenvalue weighted by Crippen LogP contribution is 2.29. The van der Waals surface area contributed by atoms with Gasteiger partial charge in [-0.3, -0.25) is 0 Å². The van der Waals surface area contributed by atoms with Crippen molar-refractivity contribution in [2.45, 2.75) is 90.1 Å². The zero-order valence-electron chi connectivity index (χ0n) is 12.8. The molecule has 0 radical (unpaired) electrons. The normalized spacial score (nSPS) is 25.3. The van der Waals surface area contributed by atoms with Crippen molar-refractivity contribution in [1.82, 2.24) is 5.32 Å². The fourth-order valence-corrected chi connectivity index (χ4v) is 3.70. The minimum atomic E-state index is 0.370. The average molecular weight is 254 g/mol. The van der Waals surface area contributed by atoms with Crippen molar-refractivity contribution in [2.75, 3.05) is 6.54 Å². The zero-order chi connectivity index (χ0) is 13.4. The molecule has 1 aliphatic rings. The molecule has 1 rings (SSSR count). The maximum atomic E-state index is 5.66. The highest BCUT2D eigenvalue weighted by Gasteiger charge is 2.28. The molecule has 1 saturated carbocycles. The quantitative estimate of drug-likeness (QED) is 0.690. The van der Waals surface area contributed by atoms with E-state index in [-0.39, 0.29) is 0 Å². The van der Waals surface area contributed by atoms with Crippen LogP contribution in [0.4, 0.5) is 0 Å². The van der Waals surface area contributed by atoms with Gasteiger partial charge in [0.05, 0.1) is 0 Å². The van der Waals surface area contributed by atoms with Gasteiger partial charge in [0.15, 0.2) is 0 Å². The summed E-state index contributed by atoms with van der Waals surface area (Å²) in [6.45, 7) is 7.89. The summed E-state index contributed by atoms with van der Waals surface area (Å²) in [5.74, 6) is 0.900. The fourth-order valence-electron chi connectivity index (χ4n) is 3.70. The number of hydrogen-bond acceptors (Lipinski definition) is 2. The van der Waals surface area contributed by atoms with Crippen molar-refractivity contribution in [2.24, 2.45) is 11.7 Å². The summed E-state index contributed by atoms with van der Waals surface area (Å²) in [5, 5.41) is 3.97. The Bertz CT molecular complexity index is 201. The highest BCUT2D eigenvalue weighted by molar-refractivity contribution is 4.88. The van der Waals surface area contributed by atoms with Crippen molar-refractivity contribution >= 4 is 0 Å². The van der Waals surface area contributed by atoms with Crippen molar-refractivity contribution < 1.29 is 0 Å². The molecule has 2 heteroatoms. The van der Waals surface area contributed by atoms with Gasteiger partial charge in [-0.15, -0.1) is 0 Å². The summed E-state index contributed by atoms with van der Waals surface area (Å²) >= 11 is 0. The van der Waals surface area contributed by atoms with Gasteiger partial charge in [0.2, 0.25) is 0 Å². The second-order valence-electron chi connectivity index (χ2n) is 6.50. The van der Waals surface area contributed by atoms with Crippen molar-refractivity contribution in [3.05, 3.63) is 0 Å². The second-order valence-corrected chi connectivity index (χ2v) is 6.50. The standard InChI is InChI=1S/C16H34N2/c1-4-11-16(3,12-5-2)18-15-8-6-14(7-9-15)10-13-17/h14-15,18H,4-13,17H2,1-3H3. The Morgan fingerprint density at radius 2 is 1.61 bits per heavy atom. The van der Waals surface area contributed by atoms with Crippen molar-refractivity contribution in [1.29, 1.82) is 0 Å². The Morgan fingerprint density at radius 1 is 1.06 bits per heavy atom. The summed E-state index contributed by atoms with van der Waals surface area (Å²) < 4.78 is 0. The summed E-state index contributed by atoms with van der Waals surface area (Å²) in [5.41, 5.74) is 6.03. The molecule has 108 valence electrons. The molecule has 0 aromatic heterocycles. The molecule has 0 aliphatic heterocycles. The molecular weight excluding hydrogens is 220 g/mol. The van der Waals surface area contributed by atoms with Gasteiger partial charge in [-0.25, -0.2) is 0 Å². The molecule has 1 aliphatic carbocycles. The SMILES string of the molecule is CCCC(C)(CCC)NC1CCC(CCN)CC1. The van der Waals surface area contributed by atoms with E-state index in [1.54, 1.807) is 0 Å². The number of hydrogen-bond donors (Lipinski definition) is 2.